The SMILES string of the molecule is OCc1ccc2[n+](c1)CC[n+]1ccccc1-2. The molecule has 0 saturated carbocycles. The topological polar surface area (TPSA) is 28.0 Å². The predicted octanol–water partition coefficient (Wildman–Crippen LogP) is 0.434. The molecule has 0 bridgehead atoms. The van der Waals surface area contributed by atoms with Crippen LogP contribution in [0, 0.1) is 0 Å². The second-order valence-electron chi connectivity index (χ2n) is 4.05. The first-order chi connectivity index (χ1) is 7.88. The van der Waals surface area contributed by atoms with Gasteiger partial charge in [0.25, 0.3) is 11.4 Å². The van der Waals surface area contributed by atoms with Gasteiger partial charge in [-0.2, -0.15) is 9.13 Å². The minimum atomic E-state index is 0.106. The van der Waals surface area contributed by atoms with Crippen molar-refractivity contribution >= 4 is 0 Å². The molecule has 0 radical (unpaired) electrons. The second-order valence-corrected chi connectivity index (χ2v) is 4.05. The quantitative estimate of drug-likeness (QED) is 0.685. The molecular weight excluding hydrogens is 200 g/mol. The fourth-order valence-electron chi connectivity index (χ4n) is 2.22. The van der Waals surface area contributed by atoms with Crippen LogP contribution in [0.25, 0.3) is 11.4 Å². The average molecular weight is 214 g/mol. The lowest BCUT2D eigenvalue weighted by Gasteiger charge is -2.09. The Bertz CT molecular complexity index is 537. The van der Waals surface area contributed by atoms with Crippen molar-refractivity contribution in [2.24, 2.45) is 0 Å². The largest absolute Gasteiger partial charge is 0.391 e. The van der Waals surface area contributed by atoms with E-state index in [1.165, 1.54) is 11.4 Å². The number of hydrogen-bond acceptors (Lipinski definition) is 1. The number of aliphatic hydroxyl groups is 1. The summed E-state index contributed by atoms with van der Waals surface area (Å²) in [5, 5.41) is 9.12. The van der Waals surface area contributed by atoms with Gasteiger partial charge in [-0.05, 0) is 12.1 Å². The van der Waals surface area contributed by atoms with Crippen molar-refractivity contribution in [3.63, 3.8) is 0 Å². The molecule has 0 fully saturated rings. The molecule has 3 heterocycles. The van der Waals surface area contributed by atoms with Crippen LogP contribution in [0.3, 0.4) is 0 Å². The van der Waals surface area contributed by atoms with Gasteiger partial charge < -0.3 is 5.11 Å². The molecule has 0 amide bonds. The van der Waals surface area contributed by atoms with Crippen molar-refractivity contribution < 1.29 is 14.2 Å². The standard InChI is InChI=1S/C13H14N2O/c16-10-11-4-5-13-12-3-1-2-6-14(12)7-8-15(13)9-11/h1-6,9,16H,7-8,10H2/q+2. The Balaban J connectivity index is 2.18. The van der Waals surface area contributed by atoms with Crippen LogP contribution in [-0.4, -0.2) is 5.11 Å². The summed E-state index contributed by atoms with van der Waals surface area (Å²) in [5.41, 5.74) is 3.41. The minimum Gasteiger partial charge on any atom is -0.391 e. The smallest absolute Gasteiger partial charge is 0.277 e. The molecule has 1 aliphatic heterocycles. The highest BCUT2D eigenvalue weighted by Gasteiger charge is 2.28. The molecule has 0 aliphatic carbocycles. The van der Waals surface area contributed by atoms with Crippen LogP contribution in [0.1, 0.15) is 5.56 Å². The highest BCUT2D eigenvalue weighted by molar-refractivity contribution is 5.46. The number of aromatic nitrogens is 2. The van der Waals surface area contributed by atoms with E-state index in [2.05, 4.69) is 39.6 Å². The van der Waals surface area contributed by atoms with Crippen LogP contribution in [0.5, 0.6) is 0 Å². The lowest BCUT2D eigenvalue weighted by Crippen LogP contribution is -2.53. The van der Waals surface area contributed by atoms with E-state index >= 15 is 0 Å². The van der Waals surface area contributed by atoms with Crippen molar-refractivity contribution in [1.29, 1.82) is 0 Å². The van der Waals surface area contributed by atoms with E-state index in [0.29, 0.717) is 0 Å². The highest BCUT2D eigenvalue weighted by Crippen LogP contribution is 2.13. The van der Waals surface area contributed by atoms with Crippen LogP contribution in [0.15, 0.2) is 42.7 Å². The van der Waals surface area contributed by atoms with Gasteiger partial charge in [0, 0.05) is 23.8 Å². The maximum Gasteiger partial charge on any atom is 0.277 e. The summed E-state index contributed by atoms with van der Waals surface area (Å²) in [6, 6.07) is 10.3. The van der Waals surface area contributed by atoms with Gasteiger partial charge in [-0.25, -0.2) is 0 Å². The number of nitrogens with zero attached hydrogens (tertiary/aromatic N) is 2. The van der Waals surface area contributed by atoms with E-state index in [4.69, 9.17) is 5.11 Å². The summed E-state index contributed by atoms with van der Waals surface area (Å²) in [6.45, 7) is 2.06. The van der Waals surface area contributed by atoms with Gasteiger partial charge in [-0.3, -0.25) is 0 Å². The molecule has 16 heavy (non-hydrogen) atoms. The van der Waals surface area contributed by atoms with Gasteiger partial charge in [0.05, 0.1) is 6.61 Å². The van der Waals surface area contributed by atoms with E-state index in [9.17, 15) is 0 Å². The first-order valence-electron chi connectivity index (χ1n) is 5.50. The van der Waals surface area contributed by atoms with Crippen LogP contribution < -0.4 is 9.13 Å². The summed E-state index contributed by atoms with van der Waals surface area (Å²) >= 11 is 0. The van der Waals surface area contributed by atoms with Gasteiger partial charge >= 0.3 is 0 Å². The summed E-state index contributed by atoms with van der Waals surface area (Å²) in [7, 11) is 0. The van der Waals surface area contributed by atoms with Crippen LogP contribution in [0.2, 0.25) is 0 Å². The Morgan fingerprint density at radius 1 is 1.00 bits per heavy atom. The Morgan fingerprint density at radius 2 is 1.81 bits per heavy atom. The zero-order chi connectivity index (χ0) is 11.0. The molecule has 3 heteroatoms. The van der Waals surface area contributed by atoms with Gasteiger partial charge in [0.1, 0.15) is 0 Å². The van der Waals surface area contributed by atoms with Crippen molar-refractivity contribution in [2.75, 3.05) is 0 Å². The maximum absolute atomic E-state index is 9.12. The molecule has 0 saturated heterocycles. The Labute approximate surface area is 94.2 Å². The van der Waals surface area contributed by atoms with Gasteiger partial charge in [-0.1, -0.05) is 0 Å². The molecule has 0 unspecified atom stereocenters. The Hall–Kier alpha value is -1.74. The number of rotatable bonds is 1. The third-order valence-electron chi connectivity index (χ3n) is 3.05. The number of pyridine rings is 2. The average Bonchev–Trinajstić information content (AvgIpc) is 2.38. The monoisotopic (exact) mass is 214 g/mol. The molecule has 80 valence electrons. The van der Waals surface area contributed by atoms with Gasteiger partial charge in [0.2, 0.25) is 13.1 Å². The van der Waals surface area contributed by atoms with Crippen molar-refractivity contribution in [3.8, 4) is 11.4 Å². The van der Waals surface area contributed by atoms with E-state index < -0.39 is 0 Å². The third-order valence-corrected chi connectivity index (χ3v) is 3.05. The second kappa shape index (κ2) is 3.68. The molecule has 1 aliphatic rings. The summed E-state index contributed by atoms with van der Waals surface area (Å²) in [5.74, 6) is 0. The molecule has 3 nitrogen and oxygen atoms in total. The minimum absolute atomic E-state index is 0.106. The number of fused-ring (bicyclic) bond motifs is 3. The summed E-state index contributed by atoms with van der Waals surface area (Å²) in [4.78, 5) is 0. The van der Waals surface area contributed by atoms with Crippen LogP contribution >= 0.6 is 0 Å². The lowest BCUT2D eigenvalue weighted by atomic mass is 10.1. The normalized spacial score (nSPS) is 13.1. The fourth-order valence-corrected chi connectivity index (χ4v) is 2.22. The highest BCUT2D eigenvalue weighted by atomic mass is 16.3. The number of aryl methyl sites for hydroxylation is 2. The van der Waals surface area contributed by atoms with E-state index in [1.807, 2.05) is 12.3 Å². The van der Waals surface area contributed by atoms with E-state index in [1.54, 1.807) is 0 Å². The van der Waals surface area contributed by atoms with Gasteiger partial charge in [-0.15, -0.1) is 0 Å². The molecule has 2 aromatic rings. The maximum atomic E-state index is 9.12. The molecule has 0 atom stereocenters. The first-order valence-corrected chi connectivity index (χ1v) is 5.50. The van der Waals surface area contributed by atoms with Crippen LogP contribution in [0.4, 0.5) is 0 Å². The fraction of sp³-hybridized carbons (Fsp3) is 0.231. The van der Waals surface area contributed by atoms with Crippen molar-refractivity contribution in [3.05, 3.63) is 48.3 Å². The zero-order valence-corrected chi connectivity index (χ0v) is 9.00. The third kappa shape index (κ3) is 1.41. The number of aliphatic hydroxyl groups excluding tert-OH is 1. The lowest BCUT2D eigenvalue weighted by molar-refractivity contribution is -0.795. The zero-order valence-electron chi connectivity index (χ0n) is 9.00. The molecule has 3 rings (SSSR count). The van der Waals surface area contributed by atoms with Crippen LogP contribution in [-0.2, 0) is 19.7 Å². The Kier molecular flexibility index (Phi) is 2.18. The summed E-state index contributed by atoms with van der Waals surface area (Å²) < 4.78 is 4.47. The molecular formula is C13H14N2O+2. The first kappa shape index (κ1) is 9.48. The van der Waals surface area contributed by atoms with Gasteiger partial charge in [0.15, 0.2) is 12.4 Å². The molecule has 0 aromatic carbocycles. The summed E-state index contributed by atoms with van der Waals surface area (Å²) in [6.07, 6.45) is 4.14. The molecule has 0 spiro atoms. The van der Waals surface area contributed by atoms with E-state index in [0.717, 1.165) is 18.7 Å². The van der Waals surface area contributed by atoms with E-state index in [-0.39, 0.29) is 6.61 Å². The predicted molar refractivity (Wildman–Crippen MR) is 58.2 cm³/mol. The van der Waals surface area contributed by atoms with Crippen molar-refractivity contribution in [2.45, 2.75) is 19.7 Å². The molecule has 2 aromatic heterocycles. The van der Waals surface area contributed by atoms with Crippen molar-refractivity contribution in [1.82, 2.24) is 0 Å². The number of hydrogen-bond donors (Lipinski definition) is 1. The molecule has 1 N–H and O–H groups in total. The Morgan fingerprint density at radius 3 is 2.69 bits per heavy atom.